The summed E-state index contributed by atoms with van der Waals surface area (Å²) in [6, 6.07) is 0. The Balaban J connectivity index is 0.000000490. The number of hydrogen-bond acceptors (Lipinski definition) is 4. The molecule has 1 aliphatic rings. The van der Waals surface area contributed by atoms with Crippen molar-refractivity contribution in [1.82, 2.24) is 0 Å². The van der Waals surface area contributed by atoms with E-state index < -0.39 is 0 Å². The van der Waals surface area contributed by atoms with Crippen molar-refractivity contribution < 1.29 is 0 Å². The van der Waals surface area contributed by atoms with Crippen molar-refractivity contribution in [3.63, 3.8) is 0 Å². The fourth-order valence-corrected chi connectivity index (χ4v) is 0.269. The summed E-state index contributed by atoms with van der Waals surface area (Å²) in [4.78, 5) is 0. The van der Waals surface area contributed by atoms with Gasteiger partial charge in [0.15, 0.2) is 0 Å². The summed E-state index contributed by atoms with van der Waals surface area (Å²) >= 11 is 0. The Labute approximate surface area is 89.6 Å². The van der Waals surface area contributed by atoms with Gasteiger partial charge in [0, 0.05) is 0 Å². The molecular formula is C3H5KN4. The molecule has 0 aromatic carbocycles. The topological polar surface area (TPSA) is 49.4 Å². The van der Waals surface area contributed by atoms with E-state index in [0.29, 0.717) is 0 Å². The van der Waals surface area contributed by atoms with E-state index in [1.165, 1.54) is 0 Å². The second-order valence-electron chi connectivity index (χ2n) is 1.06. The fraction of sp³-hybridized carbons (Fsp3) is 0.333. The third-order valence-electron chi connectivity index (χ3n) is 0.591. The van der Waals surface area contributed by atoms with Crippen molar-refractivity contribution in [1.29, 1.82) is 0 Å². The van der Waals surface area contributed by atoms with Crippen LogP contribution < -0.4 is 0 Å². The summed E-state index contributed by atoms with van der Waals surface area (Å²) in [7, 11) is 0. The van der Waals surface area contributed by atoms with Crippen molar-refractivity contribution >= 4 is 51.4 Å². The minimum atomic E-state index is -0.222. The maximum atomic E-state index is 3.53. The van der Waals surface area contributed by atoms with Crippen LogP contribution in [0.3, 0.4) is 0 Å². The monoisotopic (exact) mass is 136 g/mol. The van der Waals surface area contributed by atoms with Gasteiger partial charge in [0.1, 0.15) is 0 Å². The molecule has 0 saturated carbocycles. The van der Waals surface area contributed by atoms with Crippen LogP contribution in [-0.2, 0) is 0 Å². The molecule has 1 rings (SSSR count). The van der Waals surface area contributed by atoms with Gasteiger partial charge < -0.3 is 0 Å². The predicted molar refractivity (Wildman–Crippen MR) is 30.8 cm³/mol. The van der Waals surface area contributed by atoms with Crippen LogP contribution in [0.5, 0.6) is 0 Å². The van der Waals surface area contributed by atoms with E-state index in [1.54, 1.807) is 6.08 Å². The molecule has 0 amide bonds. The van der Waals surface area contributed by atoms with Crippen molar-refractivity contribution in [3.8, 4) is 0 Å². The van der Waals surface area contributed by atoms with Gasteiger partial charge in [-0.15, -0.1) is 10.2 Å². The van der Waals surface area contributed by atoms with Crippen LogP contribution in [0.2, 0.25) is 0 Å². The summed E-state index contributed by atoms with van der Waals surface area (Å²) in [5, 5.41) is 13.6. The number of rotatable bonds is 1. The first-order valence-electron chi connectivity index (χ1n) is 1.86. The van der Waals surface area contributed by atoms with Crippen LogP contribution in [0.4, 0.5) is 0 Å². The molecule has 0 bridgehead atoms. The Morgan fingerprint density at radius 2 is 1.75 bits per heavy atom. The molecule has 0 atom stereocenters. The average molecular weight is 136 g/mol. The maximum absolute atomic E-state index is 3.53. The molecule has 0 unspecified atom stereocenters. The molecule has 0 fully saturated rings. The number of hydrogen-bond donors (Lipinski definition) is 0. The molecule has 0 aromatic rings. The van der Waals surface area contributed by atoms with Crippen LogP contribution in [-0.4, -0.2) is 57.6 Å². The molecule has 0 spiro atoms. The third kappa shape index (κ3) is 2.23. The molecule has 5 heteroatoms. The summed E-state index contributed by atoms with van der Waals surface area (Å²) in [5.74, 6) is 0. The Kier molecular flexibility index (Phi) is 4.78. The van der Waals surface area contributed by atoms with E-state index in [1.807, 2.05) is 0 Å². The number of nitrogens with zero attached hydrogens (tertiary/aromatic N) is 4. The van der Waals surface area contributed by atoms with Crippen LogP contribution in [0.1, 0.15) is 0 Å². The second-order valence-corrected chi connectivity index (χ2v) is 1.06. The van der Waals surface area contributed by atoms with Crippen molar-refractivity contribution in [2.45, 2.75) is 6.17 Å². The molecule has 0 aromatic heterocycles. The zero-order valence-electron chi connectivity index (χ0n) is 3.65. The molecule has 8 heavy (non-hydrogen) atoms. The first-order valence-corrected chi connectivity index (χ1v) is 1.86. The van der Waals surface area contributed by atoms with Crippen LogP contribution >= 0.6 is 0 Å². The first-order chi connectivity index (χ1) is 3.43. The zero-order valence-corrected chi connectivity index (χ0v) is 3.65. The Hall–Kier alpha value is 0.576. The van der Waals surface area contributed by atoms with Gasteiger partial charge in [-0.05, 0) is 16.5 Å². The minimum absolute atomic E-state index is 0. The van der Waals surface area contributed by atoms with Crippen LogP contribution in [0, 0.1) is 0 Å². The van der Waals surface area contributed by atoms with Crippen LogP contribution in [0.25, 0.3) is 0 Å². The normalized spacial score (nSPS) is 16.0. The summed E-state index contributed by atoms with van der Waals surface area (Å²) < 4.78 is 0. The Bertz CT molecular complexity index is 117. The molecule has 0 saturated heterocycles. The van der Waals surface area contributed by atoms with E-state index in [4.69, 9.17) is 0 Å². The second kappa shape index (κ2) is 4.45. The zero-order chi connectivity index (χ0) is 5.11. The van der Waals surface area contributed by atoms with Crippen molar-refractivity contribution in [2.75, 3.05) is 0 Å². The molecule has 0 aliphatic carbocycles. The van der Waals surface area contributed by atoms with Gasteiger partial charge in [0.2, 0.25) is 6.17 Å². The van der Waals surface area contributed by atoms with Gasteiger partial charge in [-0.1, -0.05) is 6.58 Å². The van der Waals surface area contributed by atoms with Gasteiger partial charge >= 0.3 is 51.4 Å². The fourth-order valence-electron chi connectivity index (χ4n) is 0.269. The van der Waals surface area contributed by atoms with Gasteiger partial charge in [0.25, 0.3) is 0 Å². The predicted octanol–water partition coefficient (Wildman–Crippen LogP) is 0.683. The quantitative estimate of drug-likeness (QED) is 0.376. The van der Waals surface area contributed by atoms with Crippen molar-refractivity contribution in [2.24, 2.45) is 20.7 Å². The average Bonchev–Trinajstić information content (AvgIpc) is 2.14. The molecular weight excluding hydrogens is 131 g/mol. The van der Waals surface area contributed by atoms with E-state index in [-0.39, 0.29) is 57.6 Å². The van der Waals surface area contributed by atoms with Crippen molar-refractivity contribution in [3.05, 3.63) is 12.7 Å². The SMILES string of the molecule is C=CC1N=NN=N1.[KH]. The van der Waals surface area contributed by atoms with Gasteiger partial charge in [-0.25, -0.2) is 0 Å². The van der Waals surface area contributed by atoms with Gasteiger partial charge in [0.05, 0.1) is 0 Å². The molecule has 1 heterocycles. The summed E-state index contributed by atoms with van der Waals surface area (Å²) in [6.07, 6.45) is 1.35. The van der Waals surface area contributed by atoms with E-state index in [0.717, 1.165) is 0 Å². The van der Waals surface area contributed by atoms with E-state index in [2.05, 4.69) is 27.3 Å². The summed E-state index contributed by atoms with van der Waals surface area (Å²) in [5.41, 5.74) is 0. The van der Waals surface area contributed by atoms with Crippen LogP contribution in [0.15, 0.2) is 33.3 Å². The van der Waals surface area contributed by atoms with Gasteiger partial charge in [-0.2, -0.15) is 0 Å². The standard InChI is InChI=1S/C3H4N4.K.H/c1-2-3-4-6-7-5-3;;/h2-3H,1H2;;. The summed E-state index contributed by atoms with van der Waals surface area (Å²) in [6.45, 7) is 3.44. The van der Waals surface area contributed by atoms with E-state index in [9.17, 15) is 0 Å². The molecule has 38 valence electrons. The van der Waals surface area contributed by atoms with E-state index >= 15 is 0 Å². The molecule has 0 radical (unpaired) electrons. The third-order valence-corrected chi connectivity index (χ3v) is 0.591. The molecule has 1 aliphatic heterocycles. The first kappa shape index (κ1) is 8.58. The Morgan fingerprint density at radius 1 is 1.25 bits per heavy atom. The molecule has 0 N–H and O–H groups in total. The van der Waals surface area contributed by atoms with Gasteiger partial charge in [-0.3, -0.25) is 0 Å². The Morgan fingerprint density at radius 3 is 2.00 bits per heavy atom. The molecule has 4 nitrogen and oxygen atoms in total.